The van der Waals surface area contributed by atoms with E-state index in [1.54, 1.807) is 18.7 Å². The van der Waals surface area contributed by atoms with Gasteiger partial charge in [0.1, 0.15) is 18.0 Å². The Labute approximate surface area is 112 Å². The Balaban J connectivity index is 2.17. The van der Waals surface area contributed by atoms with Crippen LogP contribution in [0.25, 0.3) is 0 Å². The van der Waals surface area contributed by atoms with E-state index in [0.717, 1.165) is 29.6 Å². The van der Waals surface area contributed by atoms with Crippen LogP contribution in [0.4, 0.5) is 17.3 Å². The summed E-state index contributed by atoms with van der Waals surface area (Å²) in [5, 5.41) is 3.17. The van der Waals surface area contributed by atoms with Crippen molar-refractivity contribution in [3.05, 3.63) is 36.9 Å². The molecule has 2 rings (SSSR count). The molecular weight excluding hydrogens is 246 g/mol. The number of hydrogen-bond acceptors (Lipinski definition) is 6. The van der Waals surface area contributed by atoms with Crippen LogP contribution in [0.5, 0.6) is 0 Å². The fourth-order valence-electron chi connectivity index (χ4n) is 1.50. The number of rotatable bonds is 5. The van der Waals surface area contributed by atoms with Crippen molar-refractivity contribution in [1.29, 1.82) is 0 Å². The zero-order valence-corrected chi connectivity index (χ0v) is 11.0. The van der Waals surface area contributed by atoms with Gasteiger partial charge < -0.3 is 10.2 Å². The van der Waals surface area contributed by atoms with Crippen LogP contribution in [0.15, 0.2) is 36.9 Å². The van der Waals surface area contributed by atoms with Gasteiger partial charge in [-0.05, 0) is 12.1 Å². The third-order valence-electron chi connectivity index (χ3n) is 2.45. The molecule has 0 spiro atoms. The summed E-state index contributed by atoms with van der Waals surface area (Å²) < 4.78 is 0. The van der Waals surface area contributed by atoms with Gasteiger partial charge in [-0.3, -0.25) is 4.98 Å². The van der Waals surface area contributed by atoms with Gasteiger partial charge in [0.2, 0.25) is 0 Å². The normalized spacial score (nSPS) is 10.1. The fraction of sp³-hybridized carbons (Fsp3) is 0.250. The van der Waals surface area contributed by atoms with Crippen molar-refractivity contribution in [2.45, 2.75) is 0 Å². The lowest BCUT2D eigenvalue weighted by atomic mass is 10.3. The van der Waals surface area contributed by atoms with Crippen LogP contribution in [0.3, 0.4) is 0 Å². The molecule has 0 amide bonds. The van der Waals surface area contributed by atoms with Crippen molar-refractivity contribution in [1.82, 2.24) is 15.0 Å². The van der Waals surface area contributed by atoms with Crippen LogP contribution in [0.1, 0.15) is 0 Å². The molecule has 0 aliphatic heterocycles. The van der Waals surface area contributed by atoms with Crippen LogP contribution in [0, 0.1) is 0 Å². The van der Waals surface area contributed by atoms with E-state index in [1.807, 2.05) is 30.1 Å². The summed E-state index contributed by atoms with van der Waals surface area (Å²) in [6, 6.07) is 5.78. The molecule has 0 saturated carbocycles. The van der Waals surface area contributed by atoms with Gasteiger partial charge in [0.05, 0.1) is 11.9 Å². The van der Waals surface area contributed by atoms with Crippen molar-refractivity contribution in [2.24, 2.45) is 0 Å². The quantitative estimate of drug-likeness (QED) is 0.806. The monoisotopic (exact) mass is 261 g/mol. The third-order valence-corrected chi connectivity index (χ3v) is 2.67. The average Bonchev–Trinajstić information content (AvgIpc) is 2.45. The van der Waals surface area contributed by atoms with Crippen molar-refractivity contribution in [2.75, 3.05) is 29.6 Å². The lowest BCUT2D eigenvalue weighted by Gasteiger charge is -2.18. The lowest BCUT2D eigenvalue weighted by Crippen LogP contribution is -2.13. The zero-order valence-electron chi connectivity index (χ0n) is 10.1. The highest BCUT2D eigenvalue weighted by molar-refractivity contribution is 7.80. The molecule has 18 heavy (non-hydrogen) atoms. The molecule has 0 atom stereocenters. The predicted molar refractivity (Wildman–Crippen MR) is 76.7 cm³/mol. The molecule has 2 aromatic heterocycles. The van der Waals surface area contributed by atoms with E-state index in [1.165, 1.54) is 0 Å². The summed E-state index contributed by atoms with van der Waals surface area (Å²) >= 11 is 4.15. The van der Waals surface area contributed by atoms with E-state index in [2.05, 4.69) is 32.9 Å². The Bertz CT molecular complexity index is 491. The first kappa shape index (κ1) is 12.6. The molecule has 0 aliphatic rings. The maximum absolute atomic E-state index is 4.25. The van der Waals surface area contributed by atoms with Crippen LogP contribution in [-0.2, 0) is 0 Å². The van der Waals surface area contributed by atoms with E-state index in [9.17, 15) is 0 Å². The van der Waals surface area contributed by atoms with Gasteiger partial charge in [-0.2, -0.15) is 12.6 Å². The minimum absolute atomic E-state index is 0.762. The maximum Gasteiger partial charge on any atom is 0.138 e. The molecule has 0 radical (unpaired) electrons. The number of nitrogens with zero attached hydrogens (tertiary/aromatic N) is 4. The van der Waals surface area contributed by atoms with Gasteiger partial charge in [0, 0.05) is 31.6 Å². The molecule has 2 aromatic rings. The number of thiol groups is 1. The van der Waals surface area contributed by atoms with E-state index in [0.29, 0.717) is 0 Å². The smallest absolute Gasteiger partial charge is 0.138 e. The first-order valence-corrected chi connectivity index (χ1v) is 6.25. The minimum Gasteiger partial charge on any atom is -0.369 e. The molecule has 0 aliphatic carbocycles. The van der Waals surface area contributed by atoms with Gasteiger partial charge in [-0.25, -0.2) is 9.97 Å². The van der Waals surface area contributed by atoms with Crippen molar-refractivity contribution in [3.8, 4) is 0 Å². The fourth-order valence-corrected chi connectivity index (χ4v) is 1.61. The van der Waals surface area contributed by atoms with Crippen LogP contribution < -0.4 is 10.2 Å². The zero-order chi connectivity index (χ0) is 12.8. The Morgan fingerprint density at radius 3 is 3.00 bits per heavy atom. The van der Waals surface area contributed by atoms with Gasteiger partial charge >= 0.3 is 0 Å². The summed E-state index contributed by atoms with van der Waals surface area (Å²) in [5.41, 5.74) is 0.983. The molecule has 0 fully saturated rings. The molecule has 6 heteroatoms. The maximum atomic E-state index is 4.25. The van der Waals surface area contributed by atoms with Crippen molar-refractivity contribution < 1.29 is 0 Å². The highest BCUT2D eigenvalue weighted by Crippen LogP contribution is 2.21. The molecule has 0 bridgehead atoms. The SMILES string of the molecule is CN(c1cccnc1)c1cc(NCCS)ncn1. The number of pyridine rings is 1. The third kappa shape index (κ3) is 3.10. The number of hydrogen-bond donors (Lipinski definition) is 2. The molecule has 0 saturated heterocycles. The second-order valence-corrected chi connectivity index (χ2v) is 4.13. The molecule has 0 unspecified atom stereocenters. The first-order chi connectivity index (χ1) is 8.81. The number of anilines is 3. The topological polar surface area (TPSA) is 53.9 Å². The van der Waals surface area contributed by atoms with E-state index in [-0.39, 0.29) is 0 Å². The Kier molecular flexibility index (Phi) is 4.35. The van der Waals surface area contributed by atoms with E-state index < -0.39 is 0 Å². The Morgan fingerprint density at radius 2 is 2.28 bits per heavy atom. The summed E-state index contributed by atoms with van der Waals surface area (Å²) in [7, 11) is 1.95. The molecule has 94 valence electrons. The molecule has 1 N–H and O–H groups in total. The summed E-state index contributed by atoms with van der Waals surface area (Å²) in [6.45, 7) is 0.774. The molecule has 5 nitrogen and oxygen atoms in total. The standard InChI is InChI=1S/C12H15N5S/c1-17(10-3-2-4-13-8-10)12-7-11(14-5-6-18)15-9-16-12/h2-4,7-9,18H,5-6H2,1H3,(H,14,15,16). The highest BCUT2D eigenvalue weighted by atomic mass is 32.1. The molecule has 2 heterocycles. The molecule has 0 aromatic carbocycles. The van der Waals surface area contributed by atoms with Gasteiger partial charge in [0.25, 0.3) is 0 Å². The first-order valence-electron chi connectivity index (χ1n) is 5.62. The number of nitrogens with one attached hydrogen (secondary N) is 1. The van der Waals surface area contributed by atoms with Gasteiger partial charge in [-0.15, -0.1) is 0 Å². The van der Waals surface area contributed by atoms with Crippen LogP contribution in [-0.4, -0.2) is 34.3 Å². The molecular formula is C12H15N5S. The summed E-state index contributed by atoms with van der Waals surface area (Å²) in [6.07, 6.45) is 5.09. The lowest BCUT2D eigenvalue weighted by molar-refractivity contribution is 1.06. The average molecular weight is 261 g/mol. The van der Waals surface area contributed by atoms with E-state index >= 15 is 0 Å². The number of aromatic nitrogens is 3. The van der Waals surface area contributed by atoms with Crippen molar-refractivity contribution >= 4 is 30.0 Å². The second-order valence-electron chi connectivity index (χ2n) is 3.68. The summed E-state index contributed by atoms with van der Waals surface area (Å²) in [5.74, 6) is 2.38. The predicted octanol–water partition coefficient (Wildman–Crippen LogP) is 1.98. The van der Waals surface area contributed by atoms with E-state index in [4.69, 9.17) is 0 Å². The highest BCUT2D eigenvalue weighted by Gasteiger charge is 2.06. The van der Waals surface area contributed by atoms with Crippen LogP contribution >= 0.6 is 12.6 Å². The Morgan fingerprint density at radius 1 is 1.39 bits per heavy atom. The van der Waals surface area contributed by atoms with Crippen LogP contribution in [0.2, 0.25) is 0 Å². The van der Waals surface area contributed by atoms with Gasteiger partial charge in [-0.1, -0.05) is 0 Å². The summed E-state index contributed by atoms with van der Waals surface area (Å²) in [4.78, 5) is 14.5. The second kappa shape index (κ2) is 6.20. The Hall–Kier alpha value is -1.82. The van der Waals surface area contributed by atoms with Gasteiger partial charge in [0.15, 0.2) is 0 Å². The minimum atomic E-state index is 0.762. The largest absolute Gasteiger partial charge is 0.369 e. The van der Waals surface area contributed by atoms with Crippen molar-refractivity contribution in [3.63, 3.8) is 0 Å².